The Morgan fingerprint density at radius 1 is 1.20 bits per heavy atom. The van der Waals surface area contributed by atoms with Crippen LogP contribution in [0.4, 0.5) is 0 Å². The molecule has 0 N–H and O–H groups in total. The molecule has 1 aliphatic heterocycles. The van der Waals surface area contributed by atoms with Gasteiger partial charge in [0.1, 0.15) is 0 Å². The summed E-state index contributed by atoms with van der Waals surface area (Å²) in [5.41, 5.74) is 1.89. The van der Waals surface area contributed by atoms with Crippen molar-refractivity contribution in [2.75, 3.05) is 19.8 Å². The van der Waals surface area contributed by atoms with Crippen molar-refractivity contribution < 1.29 is 13.2 Å². The second-order valence-corrected chi connectivity index (χ2v) is 9.45. The Morgan fingerprint density at radius 2 is 1.96 bits per heavy atom. The van der Waals surface area contributed by atoms with E-state index in [1.807, 2.05) is 37.4 Å². The standard InChI is InChI=1S/C19H25NO3S2/c1-15-5-6-19(16(2)14-15)25(21,22)20(17-8-11-23-12-9-17)10-7-18-4-3-13-24-18/h3-6,13-14,17H,7-12H2,1-2H3. The van der Waals surface area contributed by atoms with Crippen molar-refractivity contribution in [2.45, 2.75) is 44.0 Å². The van der Waals surface area contributed by atoms with E-state index in [1.165, 1.54) is 4.88 Å². The smallest absolute Gasteiger partial charge is 0.243 e. The Morgan fingerprint density at radius 3 is 2.60 bits per heavy atom. The fourth-order valence-electron chi connectivity index (χ4n) is 3.36. The van der Waals surface area contributed by atoms with Crippen LogP contribution in [0.15, 0.2) is 40.6 Å². The van der Waals surface area contributed by atoms with Crippen LogP contribution < -0.4 is 0 Å². The van der Waals surface area contributed by atoms with E-state index in [-0.39, 0.29) is 6.04 Å². The van der Waals surface area contributed by atoms with Gasteiger partial charge in [-0.2, -0.15) is 4.31 Å². The molecular formula is C19H25NO3S2. The summed E-state index contributed by atoms with van der Waals surface area (Å²) in [5.74, 6) is 0. The lowest BCUT2D eigenvalue weighted by molar-refractivity contribution is 0.0587. The summed E-state index contributed by atoms with van der Waals surface area (Å²) in [6.07, 6.45) is 2.27. The van der Waals surface area contributed by atoms with Gasteiger partial charge in [-0.05, 0) is 56.2 Å². The normalized spacial score (nSPS) is 16.4. The van der Waals surface area contributed by atoms with E-state index in [0.29, 0.717) is 24.7 Å². The Kier molecular flexibility index (Phi) is 5.94. The topological polar surface area (TPSA) is 46.6 Å². The number of hydrogen-bond donors (Lipinski definition) is 0. The van der Waals surface area contributed by atoms with Gasteiger partial charge in [-0.3, -0.25) is 0 Å². The van der Waals surface area contributed by atoms with Gasteiger partial charge in [-0.15, -0.1) is 11.3 Å². The van der Waals surface area contributed by atoms with Crippen molar-refractivity contribution in [3.63, 3.8) is 0 Å². The molecule has 1 saturated heterocycles. The summed E-state index contributed by atoms with van der Waals surface area (Å²) < 4.78 is 34.0. The lowest BCUT2D eigenvalue weighted by Gasteiger charge is -2.33. The van der Waals surface area contributed by atoms with E-state index >= 15 is 0 Å². The van der Waals surface area contributed by atoms with Crippen molar-refractivity contribution >= 4 is 21.4 Å². The van der Waals surface area contributed by atoms with Crippen molar-refractivity contribution in [3.8, 4) is 0 Å². The number of nitrogens with zero attached hydrogens (tertiary/aromatic N) is 1. The van der Waals surface area contributed by atoms with Crippen LogP contribution in [-0.4, -0.2) is 38.5 Å². The zero-order valence-corrected chi connectivity index (χ0v) is 16.4. The third-order valence-corrected chi connectivity index (χ3v) is 7.72. The molecular weight excluding hydrogens is 354 g/mol. The van der Waals surface area contributed by atoms with E-state index < -0.39 is 10.0 Å². The lowest BCUT2D eigenvalue weighted by Crippen LogP contribution is -2.44. The SMILES string of the molecule is Cc1ccc(S(=O)(=O)N(CCc2cccs2)C2CCOCC2)c(C)c1. The average molecular weight is 380 g/mol. The zero-order valence-electron chi connectivity index (χ0n) is 14.8. The number of sulfonamides is 1. The number of rotatable bonds is 6. The van der Waals surface area contributed by atoms with E-state index in [2.05, 4.69) is 6.07 Å². The number of aryl methyl sites for hydroxylation is 2. The van der Waals surface area contributed by atoms with Gasteiger partial charge < -0.3 is 4.74 Å². The van der Waals surface area contributed by atoms with Crippen LogP contribution in [-0.2, 0) is 21.2 Å². The molecule has 0 spiro atoms. The van der Waals surface area contributed by atoms with Gasteiger partial charge in [0, 0.05) is 30.7 Å². The maximum absolute atomic E-state index is 13.4. The molecule has 0 amide bonds. The van der Waals surface area contributed by atoms with E-state index in [1.54, 1.807) is 21.7 Å². The number of ether oxygens (including phenoxy) is 1. The molecule has 1 aromatic carbocycles. The summed E-state index contributed by atoms with van der Waals surface area (Å²) in [4.78, 5) is 1.64. The average Bonchev–Trinajstić information content (AvgIpc) is 3.09. The van der Waals surface area contributed by atoms with E-state index in [4.69, 9.17) is 4.74 Å². The first-order valence-electron chi connectivity index (χ1n) is 8.68. The number of benzene rings is 1. The van der Waals surface area contributed by atoms with Crippen LogP contribution in [0.3, 0.4) is 0 Å². The quantitative estimate of drug-likeness (QED) is 0.767. The molecule has 2 heterocycles. The molecule has 0 saturated carbocycles. The highest BCUT2D eigenvalue weighted by atomic mass is 32.2. The zero-order chi connectivity index (χ0) is 17.9. The molecule has 0 atom stereocenters. The highest BCUT2D eigenvalue weighted by Crippen LogP contribution is 2.27. The third kappa shape index (κ3) is 4.31. The molecule has 0 radical (unpaired) electrons. The van der Waals surface area contributed by atoms with Crippen LogP contribution >= 0.6 is 11.3 Å². The highest BCUT2D eigenvalue weighted by Gasteiger charge is 2.33. The maximum Gasteiger partial charge on any atom is 0.243 e. The van der Waals surface area contributed by atoms with Gasteiger partial charge in [-0.25, -0.2) is 8.42 Å². The Labute approximate surface area is 154 Å². The Hall–Kier alpha value is -1.21. The van der Waals surface area contributed by atoms with Crippen LogP contribution in [0.25, 0.3) is 0 Å². The second-order valence-electron chi connectivity index (χ2n) is 6.56. The Bertz CT molecular complexity index is 794. The maximum atomic E-state index is 13.4. The first-order chi connectivity index (χ1) is 12.0. The molecule has 6 heteroatoms. The monoisotopic (exact) mass is 379 g/mol. The molecule has 25 heavy (non-hydrogen) atoms. The summed E-state index contributed by atoms with van der Waals surface area (Å²) in [6, 6.07) is 9.65. The van der Waals surface area contributed by atoms with Gasteiger partial charge >= 0.3 is 0 Å². The molecule has 1 aliphatic rings. The molecule has 0 unspecified atom stereocenters. The summed E-state index contributed by atoms with van der Waals surface area (Å²) >= 11 is 1.68. The minimum atomic E-state index is -3.52. The molecule has 136 valence electrons. The van der Waals surface area contributed by atoms with Crippen molar-refractivity contribution in [1.82, 2.24) is 4.31 Å². The van der Waals surface area contributed by atoms with Gasteiger partial charge in [0.05, 0.1) is 4.90 Å². The molecule has 2 aromatic rings. The van der Waals surface area contributed by atoms with Crippen molar-refractivity contribution in [3.05, 3.63) is 51.7 Å². The minimum Gasteiger partial charge on any atom is -0.381 e. The molecule has 1 aromatic heterocycles. The highest BCUT2D eigenvalue weighted by molar-refractivity contribution is 7.89. The molecule has 3 rings (SSSR count). The van der Waals surface area contributed by atoms with Gasteiger partial charge in [0.15, 0.2) is 0 Å². The second kappa shape index (κ2) is 7.99. The van der Waals surface area contributed by atoms with E-state index in [9.17, 15) is 8.42 Å². The lowest BCUT2D eigenvalue weighted by atomic mass is 10.1. The van der Waals surface area contributed by atoms with Gasteiger partial charge in [-0.1, -0.05) is 23.8 Å². The summed E-state index contributed by atoms with van der Waals surface area (Å²) in [6.45, 7) is 5.63. The largest absolute Gasteiger partial charge is 0.381 e. The first-order valence-corrected chi connectivity index (χ1v) is 11.0. The minimum absolute atomic E-state index is 0.0133. The van der Waals surface area contributed by atoms with E-state index in [0.717, 1.165) is 30.4 Å². The summed E-state index contributed by atoms with van der Waals surface area (Å²) in [5, 5.41) is 2.03. The van der Waals surface area contributed by atoms with Crippen LogP contribution in [0.1, 0.15) is 28.8 Å². The first kappa shape index (κ1) is 18.6. The molecule has 1 fully saturated rings. The number of hydrogen-bond acceptors (Lipinski definition) is 4. The fraction of sp³-hybridized carbons (Fsp3) is 0.474. The van der Waals surface area contributed by atoms with Crippen LogP contribution in [0, 0.1) is 13.8 Å². The summed E-state index contributed by atoms with van der Waals surface area (Å²) in [7, 11) is -3.52. The van der Waals surface area contributed by atoms with Gasteiger partial charge in [0.25, 0.3) is 0 Å². The van der Waals surface area contributed by atoms with Crippen molar-refractivity contribution in [2.24, 2.45) is 0 Å². The molecule has 0 bridgehead atoms. The van der Waals surface area contributed by atoms with Crippen molar-refractivity contribution in [1.29, 1.82) is 0 Å². The van der Waals surface area contributed by atoms with Crippen LogP contribution in [0.5, 0.6) is 0 Å². The number of thiophene rings is 1. The predicted octanol–water partition coefficient (Wildman–Crippen LogP) is 3.78. The van der Waals surface area contributed by atoms with Gasteiger partial charge in [0.2, 0.25) is 10.0 Å². The molecule has 4 nitrogen and oxygen atoms in total. The van der Waals surface area contributed by atoms with Crippen LogP contribution in [0.2, 0.25) is 0 Å². The fourth-order valence-corrected chi connectivity index (χ4v) is 5.95. The molecule has 0 aliphatic carbocycles. The Balaban J connectivity index is 1.90. The third-order valence-electron chi connectivity index (χ3n) is 4.67. The predicted molar refractivity (Wildman–Crippen MR) is 102 cm³/mol.